The van der Waals surface area contributed by atoms with Crippen LogP contribution in [0.5, 0.6) is 5.75 Å². The van der Waals surface area contributed by atoms with Crippen molar-refractivity contribution < 1.29 is 46.2 Å². The SMILES string of the molecule is C=CCc1cccc(C2C3=CCC4C(=O)N(c5ccc(Br)cc5)C(=O)C4C3CC3(Cl)C(=O)N(c4c(F)c(F)c(F)c(F)c4F)C(=O)C23Cl)c1O. The molecular formula is C35H22BrCl2F5N2O5. The molecule has 2 saturated heterocycles. The summed E-state index contributed by atoms with van der Waals surface area (Å²) in [7, 11) is 0. The normalized spacial score (nSPS) is 28.8. The maximum Gasteiger partial charge on any atom is 0.258 e. The Kier molecular flexibility index (Phi) is 8.07. The van der Waals surface area contributed by atoms with Crippen molar-refractivity contribution in [1.82, 2.24) is 0 Å². The fourth-order valence-electron chi connectivity index (χ4n) is 7.92. The van der Waals surface area contributed by atoms with Gasteiger partial charge >= 0.3 is 0 Å². The molecule has 7 rings (SSSR count). The first-order valence-corrected chi connectivity index (χ1v) is 16.7. The first-order chi connectivity index (χ1) is 23.6. The number of hydrogen-bond donors (Lipinski definition) is 1. The largest absolute Gasteiger partial charge is 0.507 e. The number of anilines is 2. The molecule has 2 heterocycles. The molecule has 0 radical (unpaired) electrons. The Hall–Kier alpha value is -4.07. The van der Waals surface area contributed by atoms with E-state index < -0.39 is 104 Å². The minimum Gasteiger partial charge on any atom is -0.507 e. The van der Waals surface area contributed by atoms with Crippen molar-refractivity contribution in [3.8, 4) is 5.75 Å². The number of allylic oxidation sites excluding steroid dienone is 3. The van der Waals surface area contributed by atoms with E-state index in [1.165, 1.54) is 18.2 Å². The van der Waals surface area contributed by atoms with E-state index >= 15 is 8.78 Å². The Morgan fingerprint density at radius 2 is 1.48 bits per heavy atom. The third-order valence-corrected chi connectivity index (χ3v) is 12.1. The van der Waals surface area contributed by atoms with Gasteiger partial charge in [0.05, 0.1) is 17.5 Å². The summed E-state index contributed by atoms with van der Waals surface area (Å²) in [6.07, 6.45) is 2.47. The van der Waals surface area contributed by atoms with Gasteiger partial charge in [-0.1, -0.05) is 51.9 Å². The summed E-state index contributed by atoms with van der Waals surface area (Å²) in [6.45, 7) is 3.66. The molecule has 3 aromatic carbocycles. The third kappa shape index (κ3) is 4.38. The van der Waals surface area contributed by atoms with Gasteiger partial charge in [0, 0.05) is 16.0 Å². The number of hydrogen-bond acceptors (Lipinski definition) is 5. The zero-order valence-corrected chi connectivity index (χ0v) is 28.4. The summed E-state index contributed by atoms with van der Waals surface area (Å²) >= 11 is 17.6. The van der Waals surface area contributed by atoms with E-state index in [-0.39, 0.29) is 34.6 Å². The fraction of sp³-hybridized carbons (Fsp3) is 0.257. The van der Waals surface area contributed by atoms with Crippen molar-refractivity contribution in [3.05, 3.63) is 111 Å². The predicted octanol–water partition coefficient (Wildman–Crippen LogP) is 7.35. The topological polar surface area (TPSA) is 95.0 Å². The highest BCUT2D eigenvalue weighted by Gasteiger charge is 2.77. The highest BCUT2D eigenvalue weighted by atomic mass is 79.9. The van der Waals surface area contributed by atoms with Gasteiger partial charge in [-0.15, -0.1) is 29.8 Å². The number of halogens is 8. The number of carbonyl (C=O) groups excluding carboxylic acids is 4. The number of benzene rings is 3. The Morgan fingerprint density at radius 1 is 0.860 bits per heavy atom. The lowest BCUT2D eigenvalue weighted by atomic mass is 9.56. The smallest absolute Gasteiger partial charge is 0.258 e. The van der Waals surface area contributed by atoms with Crippen molar-refractivity contribution in [2.45, 2.75) is 34.9 Å². The Morgan fingerprint density at radius 3 is 2.10 bits per heavy atom. The second-order valence-electron chi connectivity index (χ2n) is 12.5. The molecule has 1 saturated carbocycles. The minimum atomic E-state index is -2.75. The maximum absolute atomic E-state index is 15.2. The zero-order chi connectivity index (χ0) is 36.2. The lowest BCUT2D eigenvalue weighted by Gasteiger charge is -2.50. The molecule has 7 nitrogen and oxygen atoms in total. The van der Waals surface area contributed by atoms with E-state index in [1.54, 1.807) is 36.4 Å². The van der Waals surface area contributed by atoms with Gasteiger partial charge in [-0.2, -0.15) is 0 Å². The average molecular weight is 796 g/mol. The number of rotatable bonds is 5. The number of imide groups is 2. The van der Waals surface area contributed by atoms with Crippen molar-refractivity contribution in [2.24, 2.45) is 17.8 Å². The number of para-hydroxylation sites is 1. The van der Waals surface area contributed by atoms with Crippen LogP contribution in [0, 0.1) is 46.8 Å². The number of alkyl halides is 2. The lowest BCUT2D eigenvalue weighted by molar-refractivity contribution is -0.125. The van der Waals surface area contributed by atoms with Crippen LogP contribution < -0.4 is 9.80 Å². The highest BCUT2D eigenvalue weighted by Crippen LogP contribution is 2.67. The summed E-state index contributed by atoms with van der Waals surface area (Å²) in [4.78, 5) is 52.0. The van der Waals surface area contributed by atoms with Gasteiger partial charge < -0.3 is 5.11 Å². The third-order valence-electron chi connectivity index (χ3n) is 10.1. The molecule has 1 N–H and O–H groups in total. The van der Waals surface area contributed by atoms with Gasteiger partial charge in [-0.05, 0) is 55.0 Å². The molecule has 0 spiro atoms. The zero-order valence-electron chi connectivity index (χ0n) is 25.3. The molecule has 0 bridgehead atoms. The van der Waals surface area contributed by atoms with Gasteiger partial charge in [0.2, 0.25) is 17.6 Å². The molecule has 3 aromatic rings. The summed E-state index contributed by atoms with van der Waals surface area (Å²) in [5, 5.41) is 11.5. The van der Waals surface area contributed by atoms with E-state index in [1.807, 2.05) is 0 Å². The Bertz CT molecular complexity index is 2090. The van der Waals surface area contributed by atoms with Crippen molar-refractivity contribution in [3.63, 3.8) is 0 Å². The van der Waals surface area contributed by atoms with E-state index in [9.17, 15) is 37.5 Å². The second-order valence-corrected chi connectivity index (χ2v) is 14.7. The number of nitrogens with zero attached hydrogens (tertiary/aromatic N) is 2. The van der Waals surface area contributed by atoms with Crippen LogP contribution in [0.2, 0.25) is 0 Å². The number of amides is 4. The molecule has 2 aliphatic carbocycles. The van der Waals surface area contributed by atoms with Crippen LogP contribution in [0.3, 0.4) is 0 Å². The molecule has 6 unspecified atom stereocenters. The summed E-state index contributed by atoms with van der Waals surface area (Å²) < 4.78 is 74.1. The Balaban J connectivity index is 1.45. The van der Waals surface area contributed by atoms with Crippen LogP contribution in [0.4, 0.5) is 33.3 Å². The van der Waals surface area contributed by atoms with Crippen molar-refractivity contribution >= 4 is 74.1 Å². The number of fused-ring (bicyclic) bond motifs is 4. The molecule has 4 amide bonds. The summed E-state index contributed by atoms with van der Waals surface area (Å²) in [5.41, 5.74) is -1.16. The van der Waals surface area contributed by atoms with Crippen LogP contribution in [0.15, 0.2) is 71.2 Å². The molecule has 15 heteroatoms. The summed E-state index contributed by atoms with van der Waals surface area (Å²) in [5.74, 6) is -22.0. The minimum absolute atomic E-state index is 0.0382. The fourth-order valence-corrected chi connectivity index (χ4v) is 9.11. The number of aromatic hydroxyl groups is 1. The molecule has 2 aliphatic heterocycles. The molecular weight excluding hydrogens is 774 g/mol. The van der Waals surface area contributed by atoms with E-state index in [2.05, 4.69) is 22.5 Å². The van der Waals surface area contributed by atoms with Crippen molar-refractivity contribution in [2.75, 3.05) is 9.80 Å². The van der Waals surface area contributed by atoms with Crippen molar-refractivity contribution in [1.29, 1.82) is 0 Å². The van der Waals surface area contributed by atoms with Gasteiger partial charge in [0.25, 0.3) is 11.8 Å². The maximum atomic E-state index is 15.2. The standard InChI is InChI=1S/C35H22BrCl2F5N2O5/c1-2-4-14-5-3-6-19(29(14)46)22-17-11-12-18-21(31(48)44(30(18)47)16-9-7-15(36)8-10-16)20(17)13-34(37)32(49)45(33(50)35(22,34)38)28-26(42)24(40)23(39)25(41)27(28)43/h2-3,5-11,18,20-22,46H,1,4,12-13H2. The molecule has 50 heavy (non-hydrogen) atoms. The second kappa shape index (κ2) is 11.7. The van der Waals surface area contributed by atoms with Crippen LogP contribution in [-0.2, 0) is 25.6 Å². The monoisotopic (exact) mass is 794 g/mol. The first kappa shape index (κ1) is 34.4. The number of phenolic OH excluding ortho intramolecular Hbond substituents is 1. The number of carbonyl (C=O) groups is 4. The molecule has 6 atom stereocenters. The van der Waals surface area contributed by atoms with Crippen LogP contribution in [0.1, 0.15) is 29.9 Å². The van der Waals surface area contributed by atoms with Gasteiger partial charge in [0.1, 0.15) is 11.4 Å². The molecule has 258 valence electrons. The molecule has 0 aromatic heterocycles. The molecule has 3 fully saturated rings. The van der Waals surface area contributed by atoms with Gasteiger partial charge in [-0.3, -0.25) is 24.1 Å². The quantitative estimate of drug-likeness (QED) is 0.0729. The Labute approximate surface area is 299 Å². The van der Waals surface area contributed by atoms with E-state index in [0.29, 0.717) is 10.0 Å². The van der Waals surface area contributed by atoms with Gasteiger partial charge in [0.15, 0.2) is 33.0 Å². The number of phenols is 1. The highest BCUT2D eigenvalue weighted by molar-refractivity contribution is 9.10. The molecule has 4 aliphatic rings. The predicted molar refractivity (Wildman–Crippen MR) is 175 cm³/mol. The average Bonchev–Trinajstić information content (AvgIpc) is 3.43. The van der Waals surface area contributed by atoms with Crippen LogP contribution >= 0.6 is 39.1 Å². The lowest BCUT2D eigenvalue weighted by Crippen LogP contribution is -2.60. The van der Waals surface area contributed by atoms with Crippen LogP contribution in [0.25, 0.3) is 0 Å². The van der Waals surface area contributed by atoms with E-state index in [0.717, 1.165) is 4.90 Å². The van der Waals surface area contributed by atoms with Crippen LogP contribution in [-0.4, -0.2) is 38.5 Å². The van der Waals surface area contributed by atoms with E-state index in [4.69, 9.17) is 23.2 Å². The summed E-state index contributed by atoms with van der Waals surface area (Å²) in [6, 6.07) is 10.8. The van der Waals surface area contributed by atoms with Gasteiger partial charge in [-0.25, -0.2) is 26.9 Å². The first-order valence-electron chi connectivity index (χ1n) is 15.1.